The number of benzene rings is 2. The minimum atomic E-state index is -0.942. The first kappa shape index (κ1) is 19.2. The molecule has 1 saturated carbocycles. The van der Waals surface area contributed by atoms with Crippen LogP contribution in [0, 0.1) is 12.3 Å². The lowest BCUT2D eigenvalue weighted by molar-refractivity contribution is -0.132. The van der Waals surface area contributed by atoms with E-state index in [1.807, 2.05) is 62.4 Å². The van der Waals surface area contributed by atoms with Crippen molar-refractivity contribution < 1.29 is 9.59 Å². The molecule has 0 spiro atoms. The van der Waals surface area contributed by atoms with E-state index in [-0.39, 0.29) is 11.8 Å². The third-order valence-corrected chi connectivity index (χ3v) is 5.39. The van der Waals surface area contributed by atoms with E-state index in [1.54, 1.807) is 4.90 Å². The van der Waals surface area contributed by atoms with Crippen molar-refractivity contribution in [3.8, 4) is 0 Å². The first-order valence-electron chi connectivity index (χ1n) is 9.68. The number of anilines is 2. The van der Waals surface area contributed by atoms with Gasteiger partial charge in [-0.05, 0) is 55.9 Å². The first-order valence-corrected chi connectivity index (χ1v) is 9.68. The smallest absolute Gasteiger partial charge is 0.242 e. The quantitative estimate of drug-likeness (QED) is 0.742. The molecule has 0 atom stereocenters. The molecular weight excluding hydrogens is 336 g/mol. The molecule has 142 valence electrons. The Morgan fingerprint density at radius 3 is 2.30 bits per heavy atom. The molecule has 4 heteroatoms. The van der Waals surface area contributed by atoms with Crippen molar-refractivity contribution in [1.29, 1.82) is 0 Å². The second-order valence-corrected chi connectivity index (χ2v) is 7.62. The summed E-state index contributed by atoms with van der Waals surface area (Å²) in [4.78, 5) is 28.1. The molecule has 0 aromatic heterocycles. The fraction of sp³-hybridized carbons (Fsp3) is 0.391. The van der Waals surface area contributed by atoms with Gasteiger partial charge in [-0.2, -0.15) is 0 Å². The van der Waals surface area contributed by atoms with Crippen LogP contribution < -0.4 is 10.2 Å². The summed E-state index contributed by atoms with van der Waals surface area (Å²) < 4.78 is 0. The number of carbonyl (C=O) groups excluding carboxylic acids is 2. The SMILES string of the molecule is CCN(C(=O)C1(C(=O)Nc2c(C)cccc2C(C)C)CC1)c1ccccc1. The van der Waals surface area contributed by atoms with Crippen molar-refractivity contribution in [2.75, 3.05) is 16.8 Å². The molecule has 0 aliphatic heterocycles. The number of aryl methyl sites for hydroxylation is 1. The third-order valence-electron chi connectivity index (χ3n) is 5.39. The lowest BCUT2D eigenvalue weighted by Crippen LogP contribution is -2.43. The highest BCUT2D eigenvalue weighted by atomic mass is 16.2. The third kappa shape index (κ3) is 3.61. The summed E-state index contributed by atoms with van der Waals surface area (Å²) in [6.45, 7) is 8.69. The molecular formula is C23H28N2O2. The van der Waals surface area contributed by atoms with Crippen molar-refractivity contribution in [2.45, 2.75) is 46.5 Å². The van der Waals surface area contributed by atoms with Crippen LogP contribution in [0.3, 0.4) is 0 Å². The maximum Gasteiger partial charge on any atom is 0.242 e. The molecule has 0 unspecified atom stereocenters. The average Bonchev–Trinajstić information content (AvgIpc) is 3.46. The highest BCUT2D eigenvalue weighted by molar-refractivity contribution is 6.18. The van der Waals surface area contributed by atoms with E-state index in [9.17, 15) is 9.59 Å². The zero-order chi connectivity index (χ0) is 19.6. The summed E-state index contributed by atoms with van der Waals surface area (Å²) in [5.41, 5.74) is 2.86. The molecule has 2 aromatic rings. The largest absolute Gasteiger partial charge is 0.325 e. The van der Waals surface area contributed by atoms with Gasteiger partial charge < -0.3 is 10.2 Å². The van der Waals surface area contributed by atoms with Gasteiger partial charge in [-0.25, -0.2) is 0 Å². The lowest BCUT2D eigenvalue weighted by Gasteiger charge is -2.26. The highest BCUT2D eigenvalue weighted by Crippen LogP contribution is 2.49. The van der Waals surface area contributed by atoms with Gasteiger partial charge in [-0.1, -0.05) is 50.2 Å². The van der Waals surface area contributed by atoms with Gasteiger partial charge >= 0.3 is 0 Å². The molecule has 0 bridgehead atoms. The molecule has 0 saturated heterocycles. The van der Waals surface area contributed by atoms with Crippen LogP contribution in [0.4, 0.5) is 11.4 Å². The number of rotatable bonds is 6. The van der Waals surface area contributed by atoms with Crippen molar-refractivity contribution in [2.24, 2.45) is 5.41 Å². The molecule has 2 amide bonds. The number of nitrogens with one attached hydrogen (secondary N) is 1. The minimum absolute atomic E-state index is 0.103. The van der Waals surface area contributed by atoms with E-state index < -0.39 is 5.41 Å². The molecule has 2 aromatic carbocycles. The summed E-state index contributed by atoms with van der Waals surface area (Å²) >= 11 is 0. The van der Waals surface area contributed by atoms with E-state index in [4.69, 9.17) is 0 Å². The summed E-state index contributed by atoms with van der Waals surface area (Å²) in [6, 6.07) is 15.6. The maximum absolute atomic E-state index is 13.3. The van der Waals surface area contributed by atoms with E-state index in [0.29, 0.717) is 25.3 Å². The van der Waals surface area contributed by atoms with Gasteiger partial charge in [0.25, 0.3) is 0 Å². The molecule has 4 nitrogen and oxygen atoms in total. The summed E-state index contributed by atoms with van der Waals surface area (Å²) in [5, 5.41) is 3.09. The van der Waals surface area contributed by atoms with Crippen LogP contribution in [0.25, 0.3) is 0 Å². The predicted molar refractivity (Wildman–Crippen MR) is 110 cm³/mol. The van der Waals surface area contributed by atoms with Gasteiger partial charge in [0.15, 0.2) is 0 Å². The van der Waals surface area contributed by atoms with Crippen LogP contribution in [0.15, 0.2) is 48.5 Å². The van der Waals surface area contributed by atoms with Crippen molar-refractivity contribution in [3.63, 3.8) is 0 Å². The zero-order valence-electron chi connectivity index (χ0n) is 16.6. The van der Waals surface area contributed by atoms with Gasteiger partial charge in [0, 0.05) is 17.9 Å². The van der Waals surface area contributed by atoms with Crippen molar-refractivity contribution >= 4 is 23.2 Å². The van der Waals surface area contributed by atoms with Crippen LogP contribution in [0.1, 0.15) is 50.7 Å². The molecule has 3 rings (SSSR count). The molecule has 0 radical (unpaired) electrons. The summed E-state index contributed by atoms with van der Waals surface area (Å²) in [7, 11) is 0. The molecule has 1 aliphatic carbocycles. The molecule has 1 fully saturated rings. The fourth-order valence-corrected chi connectivity index (χ4v) is 3.55. The van der Waals surface area contributed by atoms with Crippen LogP contribution in [0.2, 0.25) is 0 Å². The number of hydrogen-bond acceptors (Lipinski definition) is 2. The topological polar surface area (TPSA) is 49.4 Å². The van der Waals surface area contributed by atoms with E-state index >= 15 is 0 Å². The monoisotopic (exact) mass is 364 g/mol. The Kier molecular flexibility index (Phi) is 5.36. The predicted octanol–water partition coefficient (Wildman–Crippen LogP) is 4.89. The highest BCUT2D eigenvalue weighted by Gasteiger charge is 2.58. The van der Waals surface area contributed by atoms with Gasteiger partial charge in [0.05, 0.1) is 0 Å². The zero-order valence-corrected chi connectivity index (χ0v) is 16.6. The average molecular weight is 364 g/mol. The van der Waals surface area contributed by atoms with Crippen LogP contribution in [0.5, 0.6) is 0 Å². The Balaban J connectivity index is 1.86. The molecule has 27 heavy (non-hydrogen) atoms. The van der Waals surface area contributed by atoms with Crippen LogP contribution in [-0.4, -0.2) is 18.4 Å². The summed E-state index contributed by atoms with van der Waals surface area (Å²) in [5.74, 6) is 0.00831. The van der Waals surface area contributed by atoms with E-state index in [1.165, 1.54) is 0 Å². The molecule has 0 heterocycles. The Morgan fingerprint density at radius 1 is 1.07 bits per heavy atom. The van der Waals surface area contributed by atoms with Crippen molar-refractivity contribution in [1.82, 2.24) is 0 Å². The Labute approximate surface area is 161 Å². The number of amides is 2. The fourth-order valence-electron chi connectivity index (χ4n) is 3.55. The minimum Gasteiger partial charge on any atom is -0.325 e. The van der Waals surface area contributed by atoms with Gasteiger partial charge in [0.1, 0.15) is 5.41 Å². The number of nitrogens with zero attached hydrogens (tertiary/aromatic N) is 1. The second kappa shape index (κ2) is 7.55. The number of carbonyl (C=O) groups is 2. The molecule has 1 aliphatic rings. The number of para-hydroxylation sites is 2. The van der Waals surface area contributed by atoms with Crippen molar-refractivity contribution in [3.05, 3.63) is 59.7 Å². The van der Waals surface area contributed by atoms with Gasteiger partial charge in [-0.3, -0.25) is 9.59 Å². The Hall–Kier alpha value is -2.62. The Bertz CT molecular complexity index is 839. The Morgan fingerprint density at radius 2 is 1.74 bits per heavy atom. The molecule has 1 N–H and O–H groups in total. The van der Waals surface area contributed by atoms with E-state index in [0.717, 1.165) is 22.5 Å². The van der Waals surface area contributed by atoms with Crippen LogP contribution >= 0.6 is 0 Å². The van der Waals surface area contributed by atoms with Gasteiger partial charge in [-0.15, -0.1) is 0 Å². The standard InChI is InChI=1S/C23H28N2O2/c1-5-25(18-11-7-6-8-12-18)22(27)23(14-15-23)21(26)24-20-17(4)10-9-13-19(20)16(2)3/h6-13,16H,5,14-15H2,1-4H3,(H,24,26). The second-order valence-electron chi connectivity index (χ2n) is 7.62. The normalized spacial score (nSPS) is 14.7. The maximum atomic E-state index is 13.3. The van der Waals surface area contributed by atoms with E-state index in [2.05, 4.69) is 19.2 Å². The number of hydrogen-bond donors (Lipinski definition) is 1. The summed E-state index contributed by atoms with van der Waals surface area (Å²) in [6.07, 6.45) is 1.20. The van der Waals surface area contributed by atoms with Gasteiger partial charge in [0.2, 0.25) is 11.8 Å². The van der Waals surface area contributed by atoms with Crippen LogP contribution in [-0.2, 0) is 9.59 Å². The lowest BCUT2D eigenvalue weighted by atomic mass is 9.96. The first-order chi connectivity index (χ1) is 12.9.